The van der Waals surface area contributed by atoms with Crippen molar-refractivity contribution >= 4 is 21.6 Å². The van der Waals surface area contributed by atoms with E-state index in [-0.39, 0.29) is 4.90 Å². The van der Waals surface area contributed by atoms with Crippen LogP contribution in [-0.4, -0.2) is 38.6 Å². The highest BCUT2D eigenvalue weighted by molar-refractivity contribution is 7.89. The molecule has 0 radical (unpaired) electrons. The molecule has 0 aliphatic rings. The predicted octanol–water partition coefficient (Wildman–Crippen LogP) is 3.46. The minimum absolute atomic E-state index is 0.260. The van der Waals surface area contributed by atoms with Crippen LogP contribution in [0.4, 0.5) is 18.9 Å². The number of amides is 1. The molecule has 0 aromatic heterocycles. The van der Waals surface area contributed by atoms with Gasteiger partial charge in [0.1, 0.15) is 5.75 Å². The molecule has 0 heterocycles. The van der Waals surface area contributed by atoms with Crippen LogP contribution in [-0.2, 0) is 14.8 Å². The van der Waals surface area contributed by atoms with Gasteiger partial charge in [0.25, 0.3) is 0 Å². The molecule has 0 saturated carbocycles. The fraction of sp³-hybridized carbons (Fsp3) is 0.278. The van der Waals surface area contributed by atoms with Crippen molar-refractivity contribution in [2.24, 2.45) is 0 Å². The number of rotatable bonds is 6. The molecule has 6 nitrogen and oxygen atoms in total. The van der Waals surface area contributed by atoms with Gasteiger partial charge in [-0.05, 0) is 55.3 Å². The van der Waals surface area contributed by atoms with Crippen LogP contribution in [0.15, 0.2) is 47.4 Å². The first-order valence-corrected chi connectivity index (χ1v) is 9.52. The Morgan fingerprint density at radius 3 is 2.29 bits per heavy atom. The van der Waals surface area contributed by atoms with Gasteiger partial charge in [-0.3, -0.25) is 4.79 Å². The summed E-state index contributed by atoms with van der Waals surface area (Å²) in [7, 11) is -2.86. The summed E-state index contributed by atoms with van der Waals surface area (Å²) in [5.74, 6) is -1.08. The summed E-state index contributed by atoms with van der Waals surface area (Å²) in [5, 5.41) is 2.65. The summed E-state index contributed by atoms with van der Waals surface area (Å²) in [5.41, 5.74) is 2.41. The molecule has 0 spiro atoms. The maximum absolute atomic E-state index is 12.5. The molecule has 1 amide bonds. The number of nitrogens with one attached hydrogen (secondary N) is 1. The van der Waals surface area contributed by atoms with E-state index in [1.54, 1.807) is 12.1 Å². The van der Waals surface area contributed by atoms with Gasteiger partial charge in [-0.1, -0.05) is 12.1 Å². The summed E-state index contributed by atoms with van der Waals surface area (Å²) in [4.78, 5) is 12.0. The molecule has 152 valence electrons. The topological polar surface area (TPSA) is 75.7 Å². The van der Waals surface area contributed by atoms with Crippen molar-refractivity contribution in [3.63, 3.8) is 0 Å². The Kier molecular flexibility index (Phi) is 6.35. The Morgan fingerprint density at radius 1 is 1.11 bits per heavy atom. The number of aryl methyl sites for hydroxylation is 1. The van der Waals surface area contributed by atoms with E-state index in [1.165, 1.54) is 7.05 Å². The molecule has 0 unspecified atom stereocenters. The smallest absolute Gasteiger partial charge is 0.406 e. The van der Waals surface area contributed by atoms with E-state index in [4.69, 9.17) is 0 Å². The normalized spacial score (nSPS) is 12.1. The van der Waals surface area contributed by atoms with Crippen LogP contribution >= 0.6 is 0 Å². The van der Waals surface area contributed by atoms with Crippen molar-refractivity contribution in [1.29, 1.82) is 0 Å². The average Bonchev–Trinajstić information content (AvgIpc) is 2.58. The third kappa shape index (κ3) is 5.46. The monoisotopic (exact) mass is 416 g/mol. The highest BCUT2D eigenvalue weighted by atomic mass is 32.2. The van der Waals surface area contributed by atoms with E-state index in [2.05, 4.69) is 10.1 Å². The first-order valence-electron chi connectivity index (χ1n) is 8.08. The van der Waals surface area contributed by atoms with Gasteiger partial charge in [0.05, 0.1) is 11.4 Å². The van der Waals surface area contributed by atoms with Crippen LogP contribution < -0.4 is 10.1 Å². The molecule has 2 aromatic carbocycles. The summed E-state index contributed by atoms with van der Waals surface area (Å²) in [6.45, 7) is 3.25. The van der Waals surface area contributed by atoms with Gasteiger partial charge in [0, 0.05) is 12.7 Å². The fourth-order valence-corrected chi connectivity index (χ4v) is 3.48. The zero-order chi connectivity index (χ0) is 21.1. The lowest BCUT2D eigenvalue weighted by atomic mass is 10.1. The lowest BCUT2D eigenvalue weighted by Gasteiger charge is -2.18. The average molecular weight is 416 g/mol. The maximum Gasteiger partial charge on any atom is 0.573 e. The van der Waals surface area contributed by atoms with Gasteiger partial charge in [-0.15, -0.1) is 13.2 Å². The number of likely N-dealkylation sites (N-methyl/N-ethyl adjacent to an activating group) is 1. The Hall–Kier alpha value is -2.59. The quantitative estimate of drug-likeness (QED) is 0.783. The Bertz CT molecular complexity index is 958. The lowest BCUT2D eigenvalue weighted by molar-refractivity contribution is -0.274. The largest absolute Gasteiger partial charge is 0.573 e. The molecular weight excluding hydrogens is 397 g/mol. The molecule has 2 aromatic rings. The first-order chi connectivity index (χ1) is 12.9. The maximum atomic E-state index is 12.5. The van der Waals surface area contributed by atoms with E-state index in [0.29, 0.717) is 5.69 Å². The molecule has 0 fully saturated rings. The molecule has 0 aliphatic carbocycles. The number of ether oxygens (including phenoxy) is 1. The SMILES string of the molecule is Cc1cccc(NC(=O)CN(C)S(=O)(=O)c2ccc(OC(F)(F)F)cc2)c1C. The third-order valence-corrected chi connectivity index (χ3v) is 5.83. The summed E-state index contributed by atoms with van der Waals surface area (Å²) in [6.07, 6.45) is -4.87. The van der Waals surface area contributed by atoms with Gasteiger partial charge in [0.2, 0.25) is 15.9 Å². The number of carbonyl (C=O) groups excluding carboxylic acids is 1. The molecule has 0 atom stereocenters. The van der Waals surface area contributed by atoms with Crippen molar-refractivity contribution in [1.82, 2.24) is 4.31 Å². The van der Waals surface area contributed by atoms with E-state index >= 15 is 0 Å². The molecule has 1 N–H and O–H groups in total. The predicted molar refractivity (Wildman–Crippen MR) is 97.5 cm³/mol. The molecule has 0 bridgehead atoms. The number of anilines is 1. The zero-order valence-corrected chi connectivity index (χ0v) is 16.2. The Morgan fingerprint density at radius 2 is 1.71 bits per heavy atom. The number of sulfonamides is 1. The van der Waals surface area contributed by atoms with Crippen molar-refractivity contribution in [3.8, 4) is 5.75 Å². The number of alkyl halides is 3. The highest BCUT2D eigenvalue weighted by Gasteiger charge is 2.31. The van der Waals surface area contributed by atoms with Crippen LogP contribution in [0.1, 0.15) is 11.1 Å². The van der Waals surface area contributed by atoms with Crippen LogP contribution in [0.25, 0.3) is 0 Å². The summed E-state index contributed by atoms with van der Waals surface area (Å²) < 4.78 is 66.1. The number of carbonyl (C=O) groups is 1. The first kappa shape index (κ1) is 21.7. The van der Waals surface area contributed by atoms with Crippen LogP contribution in [0.2, 0.25) is 0 Å². The molecule has 0 saturated heterocycles. The molecule has 10 heteroatoms. The van der Waals surface area contributed by atoms with Crippen molar-refractivity contribution in [2.45, 2.75) is 25.1 Å². The van der Waals surface area contributed by atoms with Crippen LogP contribution in [0, 0.1) is 13.8 Å². The Balaban J connectivity index is 2.08. The zero-order valence-electron chi connectivity index (χ0n) is 15.4. The fourth-order valence-electron chi connectivity index (χ4n) is 2.36. The molecule has 2 rings (SSSR count). The standard InChI is InChI=1S/C18H19F3N2O4S/c1-12-5-4-6-16(13(12)2)22-17(24)11-23(3)28(25,26)15-9-7-14(8-10-15)27-18(19,20)21/h4-10H,11H2,1-3H3,(H,22,24). The number of hydrogen-bond donors (Lipinski definition) is 1. The number of halogens is 3. The van der Waals surface area contributed by atoms with Crippen molar-refractivity contribution in [2.75, 3.05) is 18.9 Å². The second-order valence-corrected chi connectivity index (χ2v) is 8.12. The number of nitrogens with zero attached hydrogens (tertiary/aromatic N) is 1. The van der Waals surface area contributed by atoms with E-state index in [9.17, 15) is 26.4 Å². The number of hydrogen-bond acceptors (Lipinski definition) is 4. The minimum Gasteiger partial charge on any atom is -0.406 e. The van der Waals surface area contributed by atoms with Crippen molar-refractivity contribution in [3.05, 3.63) is 53.6 Å². The van der Waals surface area contributed by atoms with E-state index in [0.717, 1.165) is 39.7 Å². The minimum atomic E-state index is -4.87. The van der Waals surface area contributed by atoms with Crippen LogP contribution in [0.5, 0.6) is 5.75 Å². The van der Waals surface area contributed by atoms with Gasteiger partial charge in [-0.2, -0.15) is 4.31 Å². The van der Waals surface area contributed by atoms with Gasteiger partial charge in [0.15, 0.2) is 0 Å². The Labute approximate surface area is 161 Å². The number of benzene rings is 2. The van der Waals surface area contributed by atoms with Gasteiger partial charge >= 0.3 is 6.36 Å². The summed E-state index contributed by atoms with van der Waals surface area (Å²) in [6, 6.07) is 9.10. The second-order valence-electron chi connectivity index (χ2n) is 6.08. The molecule has 0 aliphatic heterocycles. The van der Waals surface area contributed by atoms with E-state index < -0.39 is 34.6 Å². The van der Waals surface area contributed by atoms with Crippen molar-refractivity contribution < 1.29 is 31.1 Å². The van der Waals surface area contributed by atoms with E-state index in [1.807, 2.05) is 19.9 Å². The highest BCUT2D eigenvalue weighted by Crippen LogP contribution is 2.25. The second kappa shape index (κ2) is 8.19. The lowest BCUT2D eigenvalue weighted by Crippen LogP contribution is -2.35. The molecular formula is C18H19F3N2O4S. The summed E-state index contributed by atoms with van der Waals surface area (Å²) >= 11 is 0. The van der Waals surface area contributed by atoms with Gasteiger partial charge < -0.3 is 10.1 Å². The van der Waals surface area contributed by atoms with Gasteiger partial charge in [-0.25, -0.2) is 8.42 Å². The third-order valence-electron chi connectivity index (χ3n) is 4.01. The van der Waals surface area contributed by atoms with Crippen LogP contribution in [0.3, 0.4) is 0 Å². The molecule has 28 heavy (non-hydrogen) atoms.